The third-order valence-electron chi connectivity index (χ3n) is 3.49. The second-order valence-electron chi connectivity index (χ2n) is 4.51. The minimum atomic E-state index is 0.807. The van der Waals surface area contributed by atoms with Crippen molar-refractivity contribution < 1.29 is 0 Å². The monoisotopic (exact) mass is 218 g/mol. The Balaban J connectivity index is 1.72. The molecule has 88 valence electrons. The van der Waals surface area contributed by atoms with Gasteiger partial charge in [-0.2, -0.15) is 0 Å². The van der Waals surface area contributed by atoms with Crippen LogP contribution >= 0.6 is 0 Å². The van der Waals surface area contributed by atoms with Gasteiger partial charge in [0.25, 0.3) is 0 Å². The average molecular weight is 218 g/mol. The van der Waals surface area contributed by atoms with Crippen LogP contribution in [0.2, 0.25) is 0 Å². The van der Waals surface area contributed by atoms with Crippen LogP contribution in [0.3, 0.4) is 0 Å². The van der Waals surface area contributed by atoms with Crippen LogP contribution in [-0.2, 0) is 0 Å². The molecule has 0 bridgehead atoms. The zero-order chi connectivity index (χ0) is 11.2. The molecular weight excluding hydrogens is 196 g/mol. The van der Waals surface area contributed by atoms with Crippen molar-refractivity contribution in [1.82, 2.24) is 4.90 Å². The van der Waals surface area contributed by atoms with Crippen LogP contribution < -0.4 is 5.32 Å². The second-order valence-corrected chi connectivity index (χ2v) is 4.51. The van der Waals surface area contributed by atoms with Gasteiger partial charge in [0.15, 0.2) is 0 Å². The summed E-state index contributed by atoms with van der Waals surface area (Å²) in [5, 5.41) is 3.49. The lowest BCUT2D eigenvalue weighted by molar-refractivity contribution is 0.259. The molecule has 0 saturated carbocycles. The molecule has 1 atom stereocenters. The van der Waals surface area contributed by atoms with Crippen LogP contribution in [0, 0.1) is 0 Å². The first kappa shape index (κ1) is 11.5. The Labute approximate surface area is 98.7 Å². The molecule has 16 heavy (non-hydrogen) atoms. The molecule has 1 aliphatic heterocycles. The number of anilines is 1. The lowest BCUT2D eigenvalue weighted by Crippen LogP contribution is -2.30. The zero-order valence-corrected chi connectivity index (χ0v) is 10.2. The van der Waals surface area contributed by atoms with E-state index in [0.29, 0.717) is 0 Å². The molecule has 1 aromatic carbocycles. The molecule has 0 spiro atoms. The normalized spacial score (nSPS) is 21.2. The Morgan fingerprint density at radius 1 is 1.31 bits per heavy atom. The summed E-state index contributed by atoms with van der Waals surface area (Å²) in [4.78, 5) is 2.60. The van der Waals surface area contributed by atoms with Crippen LogP contribution in [0.15, 0.2) is 30.3 Å². The van der Waals surface area contributed by atoms with Crippen molar-refractivity contribution >= 4 is 5.69 Å². The van der Waals surface area contributed by atoms with Gasteiger partial charge in [0.1, 0.15) is 0 Å². The SMILES string of the molecule is CCN1CCC[C@H]1CCNc1ccccc1. The van der Waals surface area contributed by atoms with E-state index in [1.54, 1.807) is 0 Å². The summed E-state index contributed by atoms with van der Waals surface area (Å²) >= 11 is 0. The molecule has 0 aromatic heterocycles. The van der Waals surface area contributed by atoms with Gasteiger partial charge in [0.05, 0.1) is 0 Å². The van der Waals surface area contributed by atoms with E-state index >= 15 is 0 Å². The Morgan fingerprint density at radius 2 is 2.12 bits per heavy atom. The number of hydrogen-bond acceptors (Lipinski definition) is 2. The van der Waals surface area contributed by atoms with Crippen molar-refractivity contribution in [1.29, 1.82) is 0 Å². The molecule has 2 heteroatoms. The molecule has 0 amide bonds. The predicted octanol–water partition coefficient (Wildman–Crippen LogP) is 2.97. The van der Waals surface area contributed by atoms with Gasteiger partial charge in [0.2, 0.25) is 0 Å². The fourth-order valence-corrected chi connectivity index (χ4v) is 2.58. The van der Waals surface area contributed by atoms with Gasteiger partial charge in [0, 0.05) is 18.3 Å². The van der Waals surface area contributed by atoms with Crippen molar-refractivity contribution in [2.24, 2.45) is 0 Å². The van der Waals surface area contributed by atoms with E-state index in [0.717, 1.165) is 12.6 Å². The summed E-state index contributed by atoms with van der Waals surface area (Å²) in [5.74, 6) is 0. The van der Waals surface area contributed by atoms with E-state index in [1.807, 2.05) is 0 Å². The summed E-state index contributed by atoms with van der Waals surface area (Å²) in [6.45, 7) is 5.86. The lowest BCUT2D eigenvalue weighted by atomic mass is 10.1. The molecule has 2 rings (SSSR count). The summed E-state index contributed by atoms with van der Waals surface area (Å²) in [7, 11) is 0. The van der Waals surface area contributed by atoms with Crippen LogP contribution in [0.4, 0.5) is 5.69 Å². The first-order chi connectivity index (χ1) is 7.90. The topological polar surface area (TPSA) is 15.3 Å². The minimum absolute atomic E-state index is 0.807. The van der Waals surface area contributed by atoms with Crippen LogP contribution in [0.5, 0.6) is 0 Å². The fourth-order valence-electron chi connectivity index (χ4n) is 2.58. The second kappa shape index (κ2) is 5.90. The molecule has 2 nitrogen and oxygen atoms in total. The predicted molar refractivity (Wildman–Crippen MR) is 69.8 cm³/mol. The number of para-hydroxylation sites is 1. The van der Waals surface area contributed by atoms with Crippen molar-refractivity contribution in [3.05, 3.63) is 30.3 Å². The Bertz CT molecular complexity index is 297. The minimum Gasteiger partial charge on any atom is -0.385 e. The maximum Gasteiger partial charge on any atom is 0.0340 e. The Kier molecular flexibility index (Phi) is 4.23. The molecule has 1 saturated heterocycles. The molecular formula is C14H22N2. The van der Waals surface area contributed by atoms with Gasteiger partial charge in [-0.3, -0.25) is 0 Å². The quantitative estimate of drug-likeness (QED) is 0.817. The lowest BCUT2D eigenvalue weighted by Gasteiger charge is -2.22. The van der Waals surface area contributed by atoms with Crippen molar-refractivity contribution in [2.45, 2.75) is 32.2 Å². The molecule has 1 aromatic rings. The van der Waals surface area contributed by atoms with E-state index in [2.05, 4.69) is 47.5 Å². The van der Waals surface area contributed by atoms with Gasteiger partial charge < -0.3 is 10.2 Å². The Hall–Kier alpha value is -1.02. The molecule has 1 aliphatic rings. The smallest absolute Gasteiger partial charge is 0.0340 e. The van der Waals surface area contributed by atoms with Crippen LogP contribution in [0.25, 0.3) is 0 Å². The number of nitrogens with one attached hydrogen (secondary N) is 1. The van der Waals surface area contributed by atoms with Crippen molar-refractivity contribution in [3.8, 4) is 0 Å². The summed E-state index contributed by atoms with van der Waals surface area (Å²) in [6, 6.07) is 11.3. The molecule has 0 aliphatic carbocycles. The highest BCUT2D eigenvalue weighted by atomic mass is 15.2. The standard InChI is InChI=1S/C14H22N2/c1-2-16-12-6-9-14(16)10-11-15-13-7-4-3-5-8-13/h3-5,7-8,14-15H,2,6,9-12H2,1H3/t14-/m0/s1. The van der Waals surface area contributed by atoms with E-state index < -0.39 is 0 Å². The average Bonchev–Trinajstić information content (AvgIpc) is 2.78. The van der Waals surface area contributed by atoms with Crippen molar-refractivity contribution in [2.75, 3.05) is 25.0 Å². The summed E-state index contributed by atoms with van der Waals surface area (Å²) < 4.78 is 0. The number of likely N-dealkylation sites (tertiary alicyclic amines) is 1. The van der Waals surface area contributed by atoms with Gasteiger partial charge in [-0.05, 0) is 44.5 Å². The Morgan fingerprint density at radius 3 is 2.88 bits per heavy atom. The highest BCUT2D eigenvalue weighted by Gasteiger charge is 2.21. The maximum atomic E-state index is 3.49. The number of benzene rings is 1. The number of nitrogens with zero attached hydrogens (tertiary/aromatic N) is 1. The van der Waals surface area contributed by atoms with Gasteiger partial charge >= 0.3 is 0 Å². The fraction of sp³-hybridized carbons (Fsp3) is 0.571. The molecule has 1 heterocycles. The van der Waals surface area contributed by atoms with E-state index in [4.69, 9.17) is 0 Å². The van der Waals surface area contributed by atoms with E-state index in [-0.39, 0.29) is 0 Å². The van der Waals surface area contributed by atoms with Gasteiger partial charge in [-0.25, -0.2) is 0 Å². The third-order valence-corrected chi connectivity index (χ3v) is 3.49. The van der Waals surface area contributed by atoms with Crippen molar-refractivity contribution in [3.63, 3.8) is 0 Å². The molecule has 1 fully saturated rings. The highest BCUT2D eigenvalue weighted by molar-refractivity contribution is 5.42. The third kappa shape index (κ3) is 2.99. The maximum absolute atomic E-state index is 3.49. The van der Waals surface area contributed by atoms with E-state index in [9.17, 15) is 0 Å². The van der Waals surface area contributed by atoms with Crippen LogP contribution in [0.1, 0.15) is 26.2 Å². The molecule has 0 unspecified atom stereocenters. The summed E-state index contributed by atoms with van der Waals surface area (Å²) in [6.07, 6.45) is 4.02. The largest absolute Gasteiger partial charge is 0.385 e. The van der Waals surface area contributed by atoms with Gasteiger partial charge in [-0.1, -0.05) is 25.1 Å². The summed E-state index contributed by atoms with van der Waals surface area (Å²) in [5.41, 5.74) is 1.24. The molecule has 0 radical (unpaired) electrons. The van der Waals surface area contributed by atoms with Gasteiger partial charge in [-0.15, -0.1) is 0 Å². The number of hydrogen-bond donors (Lipinski definition) is 1. The zero-order valence-electron chi connectivity index (χ0n) is 10.2. The highest BCUT2D eigenvalue weighted by Crippen LogP contribution is 2.19. The number of rotatable bonds is 5. The van der Waals surface area contributed by atoms with Crippen LogP contribution in [-0.4, -0.2) is 30.6 Å². The molecule has 1 N–H and O–H groups in total. The first-order valence-electron chi connectivity index (χ1n) is 6.43. The van der Waals surface area contributed by atoms with E-state index in [1.165, 1.54) is 38.0 Å². The first-order valence-corrected chi connectivity index (χ1v) is 6.43.